The van der Waals surface area contributed by atoms with Gasteiger partial charge in [0.2, 0.25) is 0 Å². The van der Waals surface area contributed by atoms with Gasteiger partial charge in [0.15, 0.2) is 0 Å². The molecule has 1 amide bonds. The molecule has 0 bridgehead atoms. The van der Waals surface area contributed by atoms with Gasteiger partial charge in [0.25, 0.3) is 5.91 Å². The Balaban J connectivity index is 2.09. The number of halogens is 2. The van der Waals surface area contributed by atoms with Gasteiger partial charge in [0.05, 0.1) is 12.2 Å². The standard InChI is InChI=1S/C14H14F2N4O/c1-2-17-13-11(15)6-9(7-12(13)16)14(21)18-8-10-4-3-5-19-20-10/h3-7,17H,2,8H2,1H3,(H,18,21). The first kappa shape index (κ1) is 14.8. The van der Waals surface area contributed by atoms with E-state index >= 15 is 0 Å². The fraction of sp³-hybridized carbons (Fsp3) is 0.214. The zero-order valence-electron chi connectivity index (χ0n) is 11.4. The lowest BCUT2D eigenvalue weighted by molar-refractivity contribution is 0.0949. The van der Waals surface area contributed by atoms with E-state index in [1.165, 1.54) is 6.20 Å². The van der Waals surface area contributed by atoms with Crippen LogP contribution in [0.2, 0.25) is 0 Å². The highest BCUT2D eigenvalue weighted by Crippen LogP contribution is 2.20. The molecule has 0 unspecified atom stereocenters. The van der Waals surface area contributed by atoms with E-state index in [4.69, 9.17) is 0 Å². The number of hydrogen-bond acceptors (Lipinski definition) is 4. The summed E-state index contributed by atoms with van der Waals surface area (Å²) in [7, 11) is 0. The van der Waals surface area contributed by atoms with Crippen LogP contribution >= 0.6 is 0 Å². The minimum Gasteiger partial charge on any atom is -0.381 e. The van der Waals surface area contributed by atoms with E-state index < -0.39 is 17.5 Å². The molecule has 2 rings (SSSR count). The highest BCUT2D eigenvalue weighted by Gasteiger charge is 2.14. The summed E-state index contributed by atoms with van der Waals surface area (Å²) in [5, 5.41) is 12.6. The molecule has 2 N–H and O–H groups in total. The molecule has 2 aromatic rings. The molecule has 0 atom stereocenters. The van der Waals surface area contributed by atoms with Gasteiger partial charge < -0.3 is 10.6 Å². The molecule has 0 radical (unpaired) electrons. The summed E-state index contributed by atoms with van der Waals surface area (Å²) in [4.78, 5) is 11.9. The Labute approximate surface area is 120 Å². The van der Waals surface area contributed by atoms with Crippen LogP contribution in [-0.2, 0) is 6.54 Å². The van der Waals surface area contributed by atoms with Crippen molar-refractivity contribution in [1.29, 1.82) is 0 Å². The smallest absolute Gasteiger partial charge is 0.251 e. The first-order valence-electron chi connectivity index (χ1n) is 6.39. The van der Waals surface area contributed by atoms with Crippen molar-refractivity contribution in [2.75, 3.05) is 11.9 Å². The monoisotopic (exact) mass is 292 g/mol. The number of aromatic nitrogens is 2. The van der Waals surface area contributed by atoms with Crippen molar-refractivity contribution in [3.63, 3.8) is 0 Å². The van der Waals surface area contributed by atoms with Gasteiger partial charge in [0.1, 0.15) is 17.3 Å². The van der Waals surface area contributed by atoms with Crippen molar-refractivity contribution in [1.82, 2.24) is 15.5 Å². The zero-order chi connectivity index (χ0) is 15.2. The van der Waals surface area contributed by atoms with E-state index in [1.54, 1.807) is 19.1 Å². The van der Waals surface area contributed by atoms with E-state index in [1.807, 2.05) is 0 Å². The number of nitrogens with zero attached hydrogens (tertiary/aromatic N) is 2. The largest absolute Gasteiger partial charge is 0.381 e. The van der Waals surface area contributed by atoms with Crippen LogP contribution in [0.3, 0.4) is 0 Å². The third-order valence-electron chi connectivity index (χ3n) is 2.72. The number of benzene rings is 1. The van der Waals surface area contributed by atoms with Crippen molar-refractivity contribution in [2.24, 2.45) is 0 Å². The molecule has 1 heterocycles. The minimum atomic E-state index is -0.804. The highest BCUT2D eigenvalue weighted by molar-refractivity contribution is 5.94. The summed E-state index contributed by atoms with van der Waals surface area (Å²) in [5.41, 5.74) is 0.231. The Morgan fingerprint density at radius 1 is 1.29 bits per heavy atom. The van der Waals surface area contributed by atoms with E-state index in [0.717, 1.165) is 12.1 Å². The molecule has 0 fully saturated rings. The van der Waals surface area contributed by atoms with Gasteiger partial charge in [-0.05, 0) is 31.2 Å². The second-order valence-electron chi connectivity index (χ2n) is 4.24. The predicted molar refractivity (Wildman–Crippen MR) is 73.7 cm³/mol. The van der Waals surface area contributed by atoms with Gasteiger partial charge in [-0.1, -0.05) is 0 Å². The number of amides is 1. The lowest BCUT2D eigenvalue weighted by Crippen LogP contribution is -2.24. The maximum atomic E-state index is 13.7. The lowest BCUT2D eigenvalue weighted by Gasteiger charge is -2.09. The molecule has 0 aliphatic rings. The summed E-state index contributed by atoms with van der Waals surface area (Å²) < 4.78 is 27.4. The number of rotatable bonds is 5. The Morgan fingerprint density at radius 3 is 2.57 bits per heavy atom. The van der Waals surface area contributed by atoms with E-state index in [0.29, 0.717) is 12.2 Å². The Bertz CT molecular complexity index is 611. The molecule has 7 heteroatoms. The summed E-state index contributed by atoms with van der Waals surface area (Å²) >= 11 is 0. The van der Waals surface area contributed by atoms with Gasteiger partial charge in [-0.3, -0.25) is 4.79 Å². The Kier molecular flexibility index (Phi) is 4.76. The molecule has 0 spiro atoms. The molecule has 1 aromatic carbocycles. The fourth-order valence-corrected chi connectivity index (χ4v) is 1.75. The van der Waals surface area contributed by atoms with Crippen molar-refractivity contribution >= 4 is 11.6 Å². The second-order valence-corrected chi connectivity index (χ2v) is 4.24. The molecular weight excluding hydrogens is 278 g/mol. The van der Waals surface area contributed by atoms with Gasteiger partial charge in [0, 0.05) is 18.3 Å². The summed E-state index contributed by atoms with van der Waals surface area (Å²) in [6.45, 7) is 2.23. The number of anilines is 1. The van der Waals surface area contributed by atoms with Crippen LogP contribution in [-0.4, -0.2) is 22.6 Å². The van der Waals surface area contributed by atoms with E-state index in [2.05, 4.69) is 20.8 Å². The Morgan fingerprint density at radius 2 is 2.00 bits per heavy atom. The first-order valence-corrected chi connectivity index (χ1v) is 6.39. The van der Waals surface area contributed by atoms with Gasteiger partial charge >= 0.3 is 0 Å². The summed E-state index contributed by atoms with van der Waals surface area (Å²) in [6.07, 6.45) is 1.51. The van der Waals surface area contributed by atoms with Crippen LogP contribution in [0.25, 0.3) is 0 Å². The Hall–Kier alpha value is -2.57. The van der Waals surface area contributed by atoms with Crippen molar-refractivity contribution < 1.29 is 13.6 Å². The number of nitrogens with one attached hydrogen (secondary N) is 2. The van der Waals surface area contributed by atoms with E-state index in [9.17, 15) is 13.6 Å². The van der Waals surface area contributed by atoms with Crippen LogP contribution in [0.15, 0.2) is 30.5 Å². The van der Waals surface area contributed by atoms with Crippen LogP contribution < -0.4 is 10.6 Å². The minimum absolute atomic E-state index is 0.0875. The maximum Gasteiger partial charge on any atom is 0.251 e. The number of hydrogen-bond donors (Lipinski definition) is 2. The van der Waals surface area contributed by atoms with Crippen LogP contribution in [0.5, 0.6) is 0 Å². The summed E-state index contributed by atoms with van der Waals surface area (Å²) in [6, 6.07) is 5.35. The number of carbonyl (C=O) groups is 1. The topological polar surface area (TPSA) is 66.9 Å². The molecule has 1 aromatic heterocycles. The third-order valence-corrected chi connectivity index (χ3v) is 2.72. The molecule has 0 saturated heterocycles. The van der Waals surface area contributed by atoms with Gasteiger partial charge in [-0.15, -0.1) is 0 Å². The van der Waals surface area contributed by atoms with E-state index in [-0.39, 0.29) is 17.8 Å². The van der Waals surface area contributed by atoms with Crippen molar-refractivity contribution in [2.45, 2.75) is 13.5 Å². The molecule has 5 nitrogen and oxygen atoms in total. The van der Waals surface area contributed by atoms with Crippen LogP contribution in [0.1, 0.15) is 23.0 Å². The maximum absolute atomic E-state index is 13.7. The second kappa shape index (κ2) is 6.74. The molecule has 21 heavy (non-hydrogen) atoms. The fourth-order valence-electron chi connectivity index (χ4n) is 1.75. The predicted octanol–water partition coefficient (Wildman–Crippen LogP) is 2.12. The SMILES string of the molecule is CCNc1c(F)cc(C(=O)NCc2cccnn2)cc1F. The van der Waals surface area contributed by atoms with Crippen LogP contribution in [0.4, 0.5) is 14.5 Å². The zero-order valence-corrected chi connectivity index (χ0v) is 11.4. The number of carbonyl (C=O) groups excluding carboxylic acids is 1. The van der Waals surface area contributed by atoms with Gasteiger partial charge in [-0.2, -0.15) is 10.2 Å². The average Bonchev–Trinajstić information content (AvgIpc) is 2.49. The molecule has 110 valence electrons. The first-order chi connectivity index (χ1) is 10.1. The van der Waals surface area contributed by atoms with Gasteiger partial charge in [-0.25, -0.2) is 8.78 Å². The highest BCUT2D eigenvalue weighted by atomic mass is 19.1. The molecular formula is C14H14F2N4O. The molecule has 0 saturated carbocycles. The van der Waals surface area contributed by atoms with Crippen LogP contribution in [0, 0.1) is 11.6 Å². The lowest BCUT2D eigenvalue weighted by atomic mass is 10.1. The van der Waals surface area contributed by atoms with Crippen molar-refractivity contribution in [3.05, 3.63) is 53.4 Å². The van der Waals surface area contributed by atoms with Crippen molar-refractivity contribution in [3.8, 4) is 0 Å². The quantitative estimate of drug-likeness (QED) is 0.886. The molecule has 0 aliphatic carbocycles. The average molecular weight is 292 g/mol. The normalized spacial score (nSPS) is 10.2. The third kappa shape index (κ3) is 3.71. The summed E-state index contributed by atoms with van der Waals surface area (Å²) in [5.74, 6) is -2.19. The molecule has 0 aliphatic heterocycles.